The van der Waals surface area contributed by atoms with E-state index >= 15 is 0 Å². The number of carbonyl (C=O) groups excluding carboxylic acids is 2. The Kier molecular flexibility index (Phi) is 6.76. The Hall–Kier alpha value is -2.17. The van der Waals surface area contributed by atoms with Crippen molar-refractivity contribution in [3.63, 3.8) is 0 Å². The lowest BCUT2D eigenvalue weighted by Gasteiger charge is -2.12. The van der Waals surface area contributed by atoms with Crippen LogP contribution in [-0.4, -0.2) is 33.7 Å². The van der Waals surface area contributed by atoms with Crippen LogP contribution in [0.1, 0.15) is 11.1 Å². The summed E-state index contributed by atoms with van der Waals surface area (Å²) in [6.45, 7) is -0.523. The molecule has 10 heteroatoms. The van der Waals surface area contributed by atoms with E-state index in [0.717, 1.165) is 0 Å². The van der Waals surface area contributed by atoms with Gasteiger partial charge in [-0.1, -0.05) is 12.1 Å². The first-order valence-electron chi connectivity index (χ1n) is 8.08. The molecule has 1 heterocycles. The van der Waals surface area contributed by atoms with E-state index in [1.807, 2.05) is 0 Å². The van der Waals surface area contributed by atoms with Gasteiger partial charge in [0, 0.05) is 0 Å². The molecule has 0 radical (unpaired) electrons. The number of benzene rings is 2. The van der Waals surface area contributed by atoms with E-state index in [4.69, 9.17) is 9.84 Å². The molecule has 29 heavy (non-hydrogen) atoms. The molecule has 0 spiro atoms. The molecule has 0 aromatic heterocycles. The molecule has 0 bridgehead atoms. The molecule has 6 nitrogen and oxygen atoms in total. The molecule has 0 saturated carbocycles. The smallest absolute Gasteiger partial charge is 0.323 e. The molecule has 2 amide bonds. The number of carboxylic acid groups (broad SMARTS) is 1. The van der Waals surface area contributed by atoms with E-state index < -0.39 is 23.7 Å². The zero-order valence-electron chi connectivity index (χ0n) is 14.5. The molecule has 1 N–H and O–H groups in total. The fraction of sp³-hybridized carbons (Fsp3) is 0.105. The number of halogens is 3. The van der Waals surface area contributed by atoms with Crippen LogP contribution in [0.15, 0.2) is 50.2 Å². The quantitative estimate of drug-likeness (QED) is 0.512. The fourth-order valence-corrected chi connectivity index (χ4v) is 4.79. The zero-order chi connectivity index (χ0) is 21.1. The highest BCUT2D eigenvalue weighted by atomic mass is 79.9. The Balaban J connectivity index is 1.78. The van der Waals surface area contributed by atoms with Gasteiger partial charge in [0.05, 0.1) is 13.9 Å². The van der Waals surface area contributed by atoms with Gasteiger partial charge in [0.2, 0.25) is 0 Å². The highest BCUT2D eigenvalue weighted by molar-refractivity contribution is 9.11. The van der Waals surface area contributed by atoms with Crippen molar-refractivity contribution in [1.29, 1.82) is 0 Å². The predicted molar refractivity (Wildman–Crippen MR) is 113 cm³/mol. The van der Waals surface area contributed by atoms with Gasteiger partial charge in [0.25, 0.3) is 11.1 Å². The van der Waals surface area contributed by atoms with Crippen LogP contribution in [-0.2, 0) is 16.2 Å². The van der Waals surface area contributed by atoms with Crippen LogP contribution in [0.25, 0.3) is 6.08 Å². The average Bonchev–Trinajstić information content (AvgIpc) is 2.88. The number of rotatable bonds is 6. The summed E-state index contributed by atoms with van der Waals surface area (Å²) in [5.74, 6) is -1.78. The highest BCUT2D eigenvalue weighted by Gasteiger charge is 2.36. The minimum Gasteiger partial charge on any atom is -0.487 e. The van der Waals surface area contributed by atoms with Gasteiger partial charge in [0.15, 0.2) is 0 Å². The predicted octanol–water partition coefficient (Wildman–Crippen LogP) is 5.05. The van der Waals surface area contributed by atoms with Crippen molar-refractivity contribution in [3.05, 3.63) is 67.2 Å². The Morgan fingerprint density at radius 2 is 1.90 bits per heavy atom. The van der Waals surface area contributed by atoms with Crippen molar-refractivity contribution in [2.75, 3.05) is 6.54 Å². The standard InChI is InChI=1S/C19H12Br2FNO5S/c20-13-5-11(7-15-18(26)23(8-16(24)25)19(27)29-15)6-14(21)17(13)28-9-10-2-1-3-12(22)4-10/h1-7H,8-9H2,(H,24,25)/b15-7+. The first kappa shape index (κ1) is 21.5. The van der Waals surface area contributed by atoms with Crippen molar-refractivity contribution < 1.29 is 28.6 Å². The summed E-state index contributed by atoms with van der Waals surface area (Å²) in [4.78, 5) is 35.7. The van der Waals surface area contributed by atoms with Crippen LogP contribution in [0.4, 0.5) is 9.18 Å². The number of carboxylic acids is 1. The van der Waals surface area contributed by atoms with E-state index in [9.17, 15) is 18.8 Å². The van der Waals surface area contributed by atoms with Crippen molar-refractivity contribution in [2.24, 2.45) is 0 Å². The maximum atomic E-state index is 13.3. The van der Waals surface area contributed by atoms with Crippen LogP contribution in [0, 0.1) is 5.82 Å². The van der Waals surface area contributed by atoms with E-state index in [1.54, 1.807) is 24.3 Å². The van der Waals surface area contributed by atoms with Crippen LogP contribution >= 0.6 is 43.6 Å². The minimum atomic E-state index is -1.26. The molecule has 1 aliphatic rings. The Morgan fingerprint density at radius 1 is 1.21 bits per heavy atom. The van der Waals surface area contributed by atoms with Crippen LogP contribution in [0.3, 0.4) is 0 Å². The first-order valence-corrected chi connectivity index (χ1v) is 10.5. The van der Waals surface area contributed by atoms with Crippen LogP contribution in [0.5, 0.6) is 5.75 Å². The number of ether oxygens (including phenoxy) is 1. The number of carbonyl (C=O) groups is 3. The van der Waals surface area contributed by atoms with Crippen LogP contribution in [0.2, 0.25) is 0 Å². The zero-order valence-corrected chi connectivity index (χ0v) is 18.5. The number of aliphatic carboxylic acids is 1. The molecule has 150 valence electrons. The van der Waals surface area contributed by atoms with E-state index in [2.05, 4.69) is 31.9 Å². The lowest BCUT2D eigenvalue weighted by Crippen LogP contribution is -2.33. The summed E-state index contributed by atoms with van der Waals surface area (Å²) in [6, 6.07) is 9.45. The van der Waals surface area contributed by atoms with Crippen LogP contribution < -0.4 is 4.74 Å². The van der Waals surface area contributed by atoms with Crippen molar-refractivity contribution >= 4 is 66.8 Å². The molecule has 1 fully saturated rings. The van der Waals surface area contributed by atoms with E-state index in [-0.39, 0.29) is 17.3 Å². The third kappa shape index (κ3) is 5.26. The molecule has 3 rings (SSSR count). The highest BCUT2D eigenvalue weighted by Crippen LogP contribution is 2.38. The second-order valence-corrected chi connectivity index (χ2v) is 8.60. The lowest BCUT2D eigenvalue weighted by atomic mass is 10.2. The van der Waals surface area contributed by atoms with Gasteiger partial charge in [-0.05, 0) is 85.1 Å². The largest absolute Gasteiger partial charge is 0.487 e. The summed E-state index contributed by atoms with van der Waals surface area (Å²) < 4.78 is 20.2. The lowest BCUT2D eigenvalue weighted by molar-refractivity contribution is -0.140. The molecular weight excluding hydrogens is 533 g/mol. The first-order chi connectivity index (χ1) is 13.7. The molecule has 1 aliphatic heterocycles. The van der Waals surface area contributed by atoms with E-state index in [1.165, 1.54) is 18.2 Å². The third-order valence-electron chi connectivity index (χ3n) is 3.76. The fourth-order valence-electron chi connectivity index (χ4n) is 2.51. The maximum absolute atomic E-state index is 13.3. The summed E-state index contributed by atoms with van der Waals surface area (Å²) in [6.07, 6.45) is 1.50. The Bertz CT molecular complexity index is 1020. The Morgan fingerprint density at radius 3 is 2.52 bits per heavy atom. The van der Waals surface area contributed by atoms with Crippen molar-refractivity contribution in [3.8, 4) is 5.75 Å². The second kappa shape index (κ2) is 9.10. The number of hydrogen-bond acceptors (Lipinski definition) is 5. The van der Waals surface area contributed by atoms with Crippen molar-refractivity contribution in [2.45, 2.75) is 6.61 Å². The summed E-state index contributed by atoms with van der Waals surface area (Å²) in [5, 5.41) is 8.19. The SMILES string of the molecule is O=C(O)CN1C(=O)S/C(=C/c2cc(Br)c(OCc3cccc(F)c3)c(Br)c2)C1=O. The second-order valence-electron chi connectivity index (χ2n) is 5.89. The Labute approximate surface area is 186 Å². The van der Waals surface area contributed by atoms with Gasteiger partial charge in [0.1, 0.15) is 24.7 Å². The molecule has 0 unspecified atom stereocenters. The molecule has 1 saturated heterocycles. The third-order valence-corrected chi connectivity index (χ3v) is 5.84. The maximum Gasteiger partial charge on any atom is 0.323 e. The van der Waals surface area contributed by atoms with E-state index in [0.29, 0.717) is 42.5 Å². The van der Waals surface area contributed by atoms with Gasteiger partial charge in [-0.2, -0.15) is 0 Å². The number of amides is 2. The summed E-state index contributed by atoms with van der Waals surface area (Å²) in [7, 11) is 0. The molecule has 2 aromatic carbocycles. The minimum absolute atomic E-state index is 0.128. The molecule has 0 aliphatic carbocycles. The molecule has 0 atom stereocenters. The van der Waals surface area contributed by atoms with Gasteiger partial charge in [-0.15, -0.1) is 0 Å². The summed E-state index contributed by atoms with van der Waals surface area (Å²) in [5.41, 5.74) is 1.27. The topological polar surface area (TPSA) is 83.9 Å². The van der Waals surface area contributed by atoms with Crippen molar-refractivity contribution in [1.82, 2.24) is 4.90 Å². The number of nitrogens with zero attached hydrogens (tertiary/aromatic N) is 1. The molecular formula is C19H12Br2FNO5S. The number of hydrogen-bond donors (Lipinski definition) is 1. The molecule has 2 aromatic rings. The average molecular weight is 545 g/mol. The normalized spacial score (nSPS) is 15.3. The monoisotopic (exact) mass is 543 g/mol. The number of thioether (sulfide) groups is 1. The van der Waals surface area contributed by atoms with Gasteiger partial charge < -0.3 is 9.84 Å². The van der Waals surface area contributed by atoms with Gasteiger partial charge >= 0.3 is 5.97 Å². The number of imide groups is 1. The summed E-state index contributed by atoms with van der Waals surface area (Å²) >= 11 is 7.48. The van der Waals surface area contributed by atoms with Gasteiger partial charge in [-0.3, -0.25) is 19.3 Å². The van der Waals surface area contributed by atoms with Gasteiger partial charge in [-0.25, -0.2) is 4.39 Å².